The molecule has 14 heavy (non-hydrogen) atoms. The summed E-state index contributed by atoms with van der Waals surface area (Å²) in [5.74, 6) is -0.264. The average Bonchev–Trinajstić information content (AvgIpc) is 2.91. The number of benzene rings is 1. The maximum Gasteiger partial charge on any atom is 0.145 e. The highest BCUT2D eigenvalue weighted by molar-refractivity contribution is 6.30. The van der Waals surface area contributed by atoms with Crippen molar-refractivity contribution in [3.05, 3.63) is 34.6 Å². The number of halogens is 2. The minimum Gasteiger partial charge on any atom is -0.330 e. The predicted molar refractivity (Wildman–Crippen MR) is 56.0 cm³/mol. The summed E-state index contributed by atoms with van der Waals surface area (Å²) in [5, 5.41) is 0.214. The van der Waals surface area contributed by atoms with E-state index in [4.69, 9.17) is 17.3 Å². The number of nitrogens with two attached hydrogens (primary N) is 1. The molecule has 3 heteroatoms. The molecule has 1 aromatic carbocycles. The lowest BCUT2D eigenvalue weighted by Gasteiger charge is -2.15. The van der Waals surface area contributed by atoms with E-state index < -0.39 is 0 Å². The number of rotatable bonds is 3. The Morgan fingerprint density at radius 3 is 2.71 bits per heavy atom. The normalized spacial score (nSPS) is 18.2. The van der Waals surface area contributed by atoms with Crippen molar-refractivity contribution in [3.63, 3.8) is 0 Å². The molecule has 1 aliphatic carbocycles. The van der Waals surface area contributed by atoms with Gasteiger partial charge in [0.1, 0.15) is 5.82 Å². The van der Waals surface area contributed by atoms with Crippen molar-refractivity contribution in [2.24, 2.45) is 5.73 Å². The van der Waals surface area contributed by atoms with Gasteiger partial charge in [-0.3, -0.25) is 0 Å². The highest BCUT2D eigenvalue weighted by atomic mass is 35.5. The van der Waals surface area contributed by atoms with Gasteiger partial charge < -0.3 is 5.73 Å². The SMILES string of the molecule is NCCC1(c2cccc(Cl)c2F)CC1. The van der Waals surface area contributed by atoms with Crippen LogP contribution >= 0.6 is 11.6 Å². The summed E-state index contributed by atoms with van der Waals surface area (Å²) >= 11 is 5.74. The van der Waals surface area contributed by atoms with Gasteiger partial charge in [-0.2, -0.15) is 0 Å². The van der Waals surface area contributed by atoms with Gasteiger partial charge in [-0.15, -0.1) is 0 Å². The minimum absolute atomic E-state index is 0.0102. The molecule has 1 nitrogen and oxygen atoms in total. The standard InChI is InChI=1S/C11H13ClFN/c12-9-3-1-2-8(10(9)13)11(4-5-11)6-7-14/h1-3H,4-7,14H2. The smallest absolute Gasteiger partial charge is 0.145 e. The van der Waals surface area contributed by atoms with Crippen LogP contribution in [0.15, 0.2) is 18.2 Å². The van der Waals surface area contributed by atoms with Crippen LogP contribution in [0.2, 0.25) is 5.02 Å². The number of hydrogen-bond donors (Lipinski definition) is 1. The maximum absolute atomic E-state index is 13.7. The van der Waals surface area contributed by atoms with Crippen LogP contribution in [0.5, 0.6) is 0 Å². The Morgan fingerprint density at radius 1 is 1.43 bits per heavy atom. The molecule has 76 valence electrons. The fourth-order valence-corrected chi connectivity index (χ4v) is 2.17. The van der Waals surface area contributed by atoms with Crippen LogP contribution in [-0.4, -0.2) is 6.54 Å². The second-order valence-electron chi connectivity index (χ2n) is 3.92. The van der Waals surface area contributed by atoms with E-state index in [1.54, 1.807) is 12.1 Å². The second-order valence-corrected chi connectivity index (χ2v) is 4.33. The summed E-state index contributed by atoms with van der Waals surface area (Å²) in [6, 6.07) is 5.21. The average molecular weight is 214 g/mol. The van der Waals surface area contributed by atoms with Crippen molar-refractivity contribution in [1.29, 1.82) is 0 Å². The van der Waals surface area contributed by atoms with Crippen molar-refractivity contribution in [3.8, 4) is 0 Å². The topological polar surface area (TPSA) is 26.0 Å². The van der Waals surface area contributed by atoms with E-state index in [0.29, 0.717) is 6.54 Å². The van der Waals surface area contributed by atoms with Crippen molar-refractivity contribution in [1.82, 2.24) is 0 Å². The molecular weight excluding hydrogens is 201 g/mol. The van der Waals surface area contributed by atoms with Crippen LogP contribution in [0.3, 0.4) is 0 Å². The maximum atomic E-state index is 13.7. The highest BCUT2D eigenvalue weighted by Gasteiger charge is 2.45. The molecule has 1 saturated carbocycles. The molecule has 1 aromatic rings. The van der Waals surface area contributed by atoms with E-state index in [1.807, 2.05) is 6.07 Å². The van der Waals surface area contributed by atoms with Gasteiger partial charge in [0.25, 0.3) is 0 Å². The summed E-state index contributed by atoms with van der Waals surface area (Å²) in [4.78, 5) is 0. The van der Waals surface area contributed by atoms with Crippen molar-refractivity contribution < 1.29 is 4.39 Å². The zero-order chi connectivity index (χ0) is 10.2. The lowest BCUT2D eigenvalue weighted by molar-refractivity contribution is 0.550. The third-order valence-corrected chi connectivity index (χ3v) is 3.29. The van der Waals surface area contributed by atoms with Gasteiger partial charge in [-0.25, -0.2) is 4.39 Å². The monoisotopic (exact) mass is 213 g/mol. The van der Waals surface area contributed by atoms with Crippen LogP contribution in [-0.2, 0) is 5.41 Å². The van der Waals surface area contributed by atoms with E-state index >= 15 is 0 Å². The van der Waals surface area contributed by atoms with E-state index in [2.05, 4.69) is 0 Å². The molecule has 0 saturated heterocycles. The molecule has 0 amide bonds. The molecule has 0 atom stereocenters. The van der Waals surface area contributed by atoms with Gasteiger partial charge in [-0.05, 0) is 42.9 Å². The lowest BCUT2D eigenvalue weighted by atomic mass is 9.92. The largest absolute Gasteiger partial charge is 0.330 e. The predicted octanol–water partition coefficient (Wildman–Crippen LogP) is 2.86. The van der Waals surface area contributed by atoms with Gasteiger partial charge in [0.2, 0.25) is 0 Å². The minimum atomic E-state index is -0.264. The Labute approximate surface area is 88.1 Å². The van der Waals surface area contributed by atoms with Crippen LogP contribution in [0.4, 0.5) is 4.39 Å². The first kappa shape index (κ1) is 9.94. The summed E-state index contributed by atoms with van der Waals surface area (Å²) in [5.41, 5.74) is 6.26. The third-order valence-electron chi connectivity index (χ3n) is 3.00. The van der Waals surface area contributed by atoms with Crippen molar-refractivity contribution >= 4 is 11.6 Å². The third kappa shape index (κ3) is 1.53. The molecular formula is C11H13ClFN. The first-order valence-electron chi connectivity index (χ1n) is 4.84. The number of hydrogen-bond acceptors (Lipinski definition) is 1. The summed E-state index contributed by atoms with van der Waals surface area (Å²) in [7, 11) is 0. The molecule has 0 heterocycles. The molecule has 1 fully saturated rings. The Hall–Kier alpha value is -0.600. The van der Waals surface area contributed by atoms with E-state index in [1.165, 1.54) is 0 Å². The molecule has 0 aliphatic heterocycles. The first-order chi connectivity index (χ1) is 6.69. The van der Waals surface area contributed by atoms with Crippen LogP contribution < -0.4 is 5.73 Å². The second kappa shape index (κ2) is 3.52. The van der Waals surface area contributed by atoms with Crippen LogP contribution in [0.1, 0.15) is 24.8 Å². The summed E-state index contributed by atoms with van der Waals surface area (Å²) in [6.45, 7) is 0.603. The Kier molecular flexibility index (Phi) is 2.50. The fourth-order valence-electron chi connectivity index (χ4n) is 1.99. The highest BCUT2D eigenvalue weighted by Crippen LogP contribution is 2.52. The van der Waals surface area contributed by atoms with Gasteiger partial charge in [0.15, 0.2) is 0 Å². The Balaban J connectivity index is 2.37. The van der Waals surface area contributed by atoms with Gasteiger partial charge >= 0.3 is 0 Å². The van der Waals surface area contributed by atoms with Crippen molar-refractivity contribution in [2.75, 3.05) is 6.54 Å². The molecule has 0 unspecified atom stereocenters. The van der Waals surface area contributed by atoms with Gasteiger partial charge in [0.05, 0.1) is 5.02 Å². The molecule has 2 rings (SSSR count). The van der Waals surface area contributed by atoms with Gasteiger partial charge in [-0.1, -0.05) is 23.7 Å². The van der Waals surface area contributed by atoms with Crippen molar-refractivity contribution in [2.45, 2.75) is 24.7 Å². The Bertz CT molecular complexity index is 347. The molecule has 2 N–H and O–H groups in total. The summed E-state index contributed by atoms with van der Waals surface area (Å²) in [6.07, 6.45) is 2.91. The molecule has 0 radical (unpaired) electrons. The Morgan fingerprint density at radius 2 is 2.14 bits per heavy atom. The molecule has 0 spiro atoms. The van der Waals surface area contributed by atoms with E-state index in [0.717, 1.165) is 24.8 Å². The summed E-state index contributed by atoms with van der Waals surface area (Å²) < 4.78 is 13.7. The van der Waals surface area contributed by atoms with E-state index in [9.17, 15) is 4.39 Å². The van der Waals surface area contributed by atoms with Crippen LogP contribution in [0, 0.1) is 5.82 Å². The van der Waals surface area contributed by atoms with Gasteiger partial charge in [0, 0.05) is 0 Å². The molecule has 0 bridgehead atoms. The molecule has 1 aliphatic rings. The molecule has 0 aromatic heterocycles. The quantitative estimate of drug-likeness (QED) is 0.821. The first-order valence-corrected chi connectivity index (χ1v) is 5.22. The van der Waals surface area contributed by atoms with E-state index in [-0.39, 0.29) is 16.3 Å². The zero-order valence-corrected chi connectivity index (χ0v) is 8.65. The lowest BCUT2D eigenvalue weighted by Crippen LogP contribution is -2.15. The zero-order valence-electron chi connectivity index (χ0n) is 7.89. The van der Waals surface area contributed by atoms with Crippen LogP contribution in [0.25, 0.3) is 0 Å². The fraction of sp³-hybridized carbons (Fsp3) is 0.455.